The molecule has 2 aliphatic heterocycles. The molecule has 1 saturated heterocycles. The van der Waals surface area contributed by atoms with Crippen LogP contribution in [0.3, 0.4) is 0 Å². The van der Waals surface area contributed by atoms with E-state index in [4.69, 9.17) is 0 Å². The molecule has 5 rings (SSSR count). The standard InChI is InChI=1S/C25H37N3O/c29-25(23-12-13-27-24-9-5-4-8-22(23)24)28(21-10-11-21)17-20-16-26-15-19(20)14-18-6-2-1-3-7-18/h4-5,8-9,18-21,23,26-27H,1-3,6-7,10-17H2/t19-,20+,23?/m1/s1. The molecule has 1 amide bonds. The molecule has 3 atom stereocenters. The van der Waals surface area contributed by atoms with Crippen LogP contribution in [0.1, 0.15) is 69.3 Å². The number of rotatable bonds is 6. The zero-order valence-electron chi connectivity index (χ0n) is 17.7. The molecule has 4 heteroatoms. The Morgan fingerprint density at radius 1 is 0.966 bits per heavy atom. The Morgan fingerprint density at radius 3 is 2.59 bits per heavy atom. The summed E-state index contributed by atoms with van der Waals surface area (Å²) in [4.78, 5) is 16.0. The van der Waals surface area contributed by atoms with E-state index in [1.165, 1.54) is 56.9 Å². The van der Waals surface area contributed by atoms with Gasteiger partial charge in [-0.15, -0.1) is 0 Å². The van der Waals surface area contributed by atoms with E-state index in [1.54, 1.807) is 0 Å². The molecule has 3 fully saturated rings. The summed E-state index contributed by atoms with van der Waals surface area (Å²) < 4.78 is 0. The predicted octanol–water partition coefficient (Wildman–Crippen LogP) is 4.38. The maximum absolute atomic E-state index is 13.7. The molecule has 1 unspecified atom stereocenters. The minimum atomic E-state index is 0.0409. The largest absolute Gasteiger partial charge is 0.385 e. The van der Waals surface area contributed by atoms with E-state index in [-0.39, 0.29) is 5.92 Å². The second-order valence-corrected chi connectivity index (χ2v) is 10.00. The van der Waals surface area contributed by atoms with E-state index in [2.05, 4.69) is 39.8 Å². The third-order valence-corrected chi connectivity index (χ3v) is 7.93. The normalized spacial score (nSPS) is 29.9. The molecule has 29 heavy (non-hydrogen) atoms. The summed E-state index contributed by atoms with van der Waals surface area (Å²) in [7, 11) is 0. The highest BCUT2D eigenvalue weighted by Crippen LogP contribution is 2.38. The van der Waals surface area contributed by atoms with Crippen molar-refractivity contribution in [3.63, 3.8) is 0 Å². The Balaban J connectivity index is 1.27. The van der Waals surface area contributed by atoms with Gasteiger partial charge in [0.1, 0.15) is 0 Å². The maximum atomic E-state index is 13.7. The second-order valence-electron chi connectivity index (χ2n) is 10.00. The molecule has 4 nitrogen and oxygen atoms in total. The van der Waals surface area contributed by atoms with Crippen LogP contribution in [0, 0.1) is 17.8 Å². The third kappa shape index (κ3) is 4.33. The highest BCUT2D eigenvalue weighted by Gasteiger charge is 2.41. The van der Waals surface area contributed by atoms with Crippen molar-refractivity contribution in [2.75, 3.05) is 31.5 Å². The van der Waals surface area contributed by atoms with E-state index in [0.29, 0.717) is 17.9 Å². The number of anilines is 1. The first-order chi connectivity index (χ1) is 14.3. The first-order valence-corrected chi connectivity index (χ1v) is 12.1. The highest BCUT2D eigenvalue weighted by atomic mass is 16.2. The van der Waals surface area contributed by atoms with E-state index < -0.39 is 0 Å². The van der Waals surface area contributed by atoms with Crippen LogP contribution in [-0.4, -0.2) is 43.0 Å². The van der Waals surface area contributed by atoms with Gasteiger partial charge in [-0.1, -0.05) is 50.3 Å². The topological polar surface area (TPSA) is 44.4 Å². The van der Waals surface area contributed by atoms with Gasteiger partial charge in [-0.05, 0) is 68.2 Å². The molecule has 1 aromatic carbocycles. The molecular weight excluding hydrogens is 358 g/mol. The Morgan fingerprint density at radius 2 is 1.76 bits per heavy atom. The van der Waals surface area contributed by atoms with Gasteiger partial charge < -0.3 is 15.5 Å². The van der Waals surface area contributed by atoms with Crippen LogP contribution in [0.4, 0.5) is 5.69 Å². The number of hydrogen-bond acceptors (Lipinski definition) is 3. The van der Waals surface area contributed by atoms with Crippen molar-refractivity contribution >= 4 is 11.6 Å². The van der Waals surface area contributed by atoms with Gasteiger partial charge in [-0.25, -0.2) is 0 Å². The summed E-state index contributed by atoms with van der Waals surface area (Å²) in [5, 5.41) is 7.14. The van der Waals surface area contributed by atoms with Crippen molar-refractivity contribution in [2.24, 2.45) is 17.8 Å². The molecule has 2 N–H and O–H groups in total. The lowest BCUT2D eigenvalue weighted by Gasteiger charge is -2.35. The van der Waals surface area contributed by atoms with Crippen LogP contribution < -0.4 is 10.6 Å². The minimum Gasteiger partial charge on any atom is -0.385 e. The molecule has 0 aromatic heterocycles. The van der Waals surface area contributed by atoms with Gasteiger partial charge >= 0.3 is 0 Å². The number of nitrogens with one attached hydrogen (secondary N) is 2. The average molecular weight is 396 g/mol. The van der Waals surface area contributed by atoms with Gasteiger partial charge in [-0.2, -0.15) is 0 Å². The SMILES string of the molecule is O=C(C1CCNc2ccccc21)N(C[C@@H]1CNC[C@H]1CC1CCCCC1)C1CC1. The molecule has 0 radical (unpaired) electrons. The van der Waals surface area contributed by atoms with E-state index in [0.717, 1.165) is 50.1 Å². The summed E-state index contributed by atoms with van der Waals surface area (Å²) >= 11 is 0. The van der Waals surface area contributed by atoms with E-state index in [1.807, 2.05) is 0 Å². The Hall–Kier alpha value is -1.55. The average Bonchev–Trinajstić information content (AvgIpc) is 3.52. The first-order valence-electron chi connectivity index (χ1n) is 12.1. The van der Waals surface area contributed by atoms with Crippen LogP contribution in [0.15, 0.2) is 24.3 Å². The predicted molar refractivity (Wildman–Crippen MR) is 118 cm³/mol. The Bertz CT molecular complexity index is 710. The lowest BCUT2D eigenvalue weighted by atomic mass is 9.79. The second kappa shape index (κ2) is 8.67. The zero-order valence-corrected chi connectivity index (χ0v) is 17.7. The van der Waals surface area contributed by atoms with Gasteiger partial charge in [-0.3, -0.25) is 4.79 Å². The van der Waals surface area contributed by atoms with Crippen molar-refractivity contribution < 1.29 is 4.79 Å². The lowest BCUT2D eigenvalue weighted by Crippen LogP contribution is -2.43. The smallest absolute Gasteiger partial charge is 0.230 e. The van der Waals surface area contributed by atoms with E-state index >= 15 is 0 Å². The van der Waals surface area contributed by atoms with Crippen LogP contribution >= 0.6 is 0 Å². The quantitative estimate of drug-likeness (QED) is 0.751. The Labute approximate surface area is 175 Å². The number of nitrogens with zero attached hydrogens (tertiary/aromatic N) is 1. The molecule has 2 heterocycles. The lowest BCUT2D eigenvalue weighted by molar-refractivity contribution is -0.134. The first kappa shape index (κ1) is 19.4. The Kier molecular flexibility index (Phi) is 5.81. The van der Waals surface area contributed by atoms with Crippen LogP contribution in [0.2, 0.25) is 0 Å². The number of carbonyl (C=O) groups is 1. The van der Waals surface area contributed by atoms with Crippen molar-refractivity contribution in [3.05, 3.63) is 29.8 Å². The van der Waals surface area contributed by atoms with Crippen LogP contribution in [-0.2, 0) is 4.79 Å². The van der Waals surface area contributed by atoms with Gasteiger partial charge in [0.25, 0.3) is 0 Å². The number of amides is 1. The van der Waals surface area contributed by atoms with Gasteiger partial charge in [0.05, 0.1) is 5.92 Å². The van der Waals surface area contributed by atoms with Crippen molar-refractivity contribution in [2.45, 2.75) is 69.7 Å². The van der Waals surface area contributed by atoms with E-state index in [9.17, 15) is 4.79 Å². The van der Waals surface area contributed by atoms with Gasteiger partial charge in [0, 0.05) is 24.8 Å². The molecule has 4 aliphatic rings. The summed E-state index contributed by atoms with van der Waals surface area (Å²) in [6, 6.07) is 8.92. The molecule has 2 aliphatic carbocycles. The maximum Gasteiger partial charge on any atom is 0.230 e. The molecule has 158 valence electrons. The zero-order chi connectivity index (χ0) is 19.6. The summed E-state index contributed by atoms with van der Waals surface area (Å²) in [6.07, 6.45) is 11.9. The molecule has 0 bridgehead atoms. The van der Waals surface area contributed by atoms with Crippen molar-refractivity contribution in [1.29, 1.82) is 0 Å². The van der Waals surface area contributed by atoms with Gasteiger partial charge in [0.15, 0.2) is 0 Å². The summed E-state index contributed by atoms with van der Waals surface area (Å²) in [5.74, 6) is 2.76. The molecule has 0 spiro atoms. The monoisotopic (exact) mass is 395 g/mol. The van der Waals surface area contributed by atoms with Crippen molar-refractivity contribution in [1.82, 2.24) is 10.2 Å². The fourth-order valence-corrected chi connectivity index (χ4v) is 6.11. The summed E-state index contributed by atoms with van der Waals surface area (Å²) in [5.41, 5.74) is 2.36. The fraction of sp³-hybridized carbons (Fsp3) is 0.720. The minimum absolute atomic E-state index is 0.0409. The molecular formula is C25H37N3O. The number of carbonyl (C=O) groups excluding carboxylic acids is 1. The number of benzene rings is 1. The fourth-order valence-electron chi connectivity index (χ4n) is 6.11. The number of hydrogen-bond donors (Lipinski definition) is 2. The molecule has 2 saturated carbocycles. The molecule has 1 aromatic rings. The number of fused-ring (bicyclic) bond motifs is 1. The van der Waals surface area contributed by atoms with Gasteiger partial charge in [0.2, 0.25) is 5.91 Å². The van der Waals surface area contributed by atoms with Crippen molar-refractivity contribution in [3.8, 4) is 0 Å². The third-order valence-electron chi connectivity index (χ3n) is 7.93. The highest BCUT2D eigenvalue weighted by molar-refractivity contribution is 5.87. The van der Waals surface area contributed by atoms with Crippen LogP contribution in [0.5, 0.6) is 0 Å². The number of para-hydroxylation sites is 1. The summed E-state index contributed by atoms with van der Waals surface area (Å²) in [6.45, 7) is 4.13. The van der Waals surface area contributed by atoms with Crippen LogP contribution in [0.25, 0.3) is 0 Å².